The van der Waals surface area contributed by atoms with Gasteiger partial charge in [-0.1, -0.05) is 31.2 Å². The first-order valence-corrected chi connectivity index (χ1v) is 6.45. The molecule has 1 saturated heterocycles. The van der Waals surface area contributed by atoms with Crippen LogP contribution in [0.4, 0.5) is 0 Å². The van der Waals surface area contributed by atoms with Gasteiger partial charge in [-0.3, -0.25) is 4.79 Å². The van der Waals surface area contributed by atoms with Gasteiger partial charge in [-0.2, -0.15) is 0 Å². The van der Waals surface area contributed by atoms with E-state index in [0.717, 1.165) is 19.4 Å². The van der Waals surface area contributed by atoms with Crippen molar-refractivity contribution < 1.29 is 4.79 Å². The van der Waals surface area contributed by atoms with Crippen molar-refractivity contribution in [3.05, 3.63) is 24.3 Å². The molecule has 1 heterocycles. The van der Waals surface area contributed by atoms with Crippen LogP contribution in [0, 0.1) is 11.3 Å². The number of nitrogens with zero attached hydrogens (tertiary/aromatic N) is 1. The van der Waals surface area contributed by atoms with E-state index in [4.69, 9.17) is 5.73 Å². The number of piperidine rings is 1. The first kappa shape index (κ1) is 12.4. The fourth-order valence-corrected chi connectivity index (χ4v) is 2.64. The van der Waals surface area contributed by atoms with E-state index in [-0.39, 0.29) is 17.9 Å². The maximum absolute atomic E-state index is 12.6. The maximum Gasteiger partial charge on any atom is 0.232 e. The molecule has 3 nitrogen and oxygen atoms in total. The zero-order valence-electron chi connectivity index (χ0n) is 10.7. The Morgan fingerprint density at radius 3 is 2.88 bits per heavy atom. The van der Waals surface area contributed by atoms with Crippen LogP contribution in [0.15, 0.2) is 24.3 Å². The van der Waals surface area contributed by atoms with Gasteiger partial charge in [0.2, 0.25) is 5.91 Å². The van der Waals surface area contributed by atoms with Crippen molar-refractivity contribution in [1.82, 2.24) is 4.90 Å². The predicted molar refractivity (Wildman–Crippen MR) is 69.3 cm³/mol. The van der Waals surface area contributed by atoms with Crippen LogP contribution in [0.1, 0.15) is 26.7 Å². The minimum atomic E-state index is -0.397. The summed E-state index contributed by atoms with van der Waals surface area (Å²) in [5, 5.41) is 0. The molecule has 2 unspecified atom stereocenters. The lowest BCUT2D eigenvalue weighted by molar-refractivity contribution is -0.141. The molecule has 3 atom stereocenters. The van der Waals surface area contributed by atoms with Gasteiger partial charge in [-0.25, -0.2) is 0 Å². The minimum absolute atomic E-state index is 0.148. The van der Waals surface area contributed by atoms with Gasteiger partial charge >= 0.3 is 0 Å². The molecule has 0 aromatic rings. The van der Waals surface area contributed by atoms with Crippen molar-refractivity contribution in [2.45, 2.75) is 32.7 Å². The Kier molecular flexibility index (Phi) is 3.38. The number of amides is 1. The molecule has 0 bridgehead atoms. The van der Waals surface area contributed by atoms with E-state index >= 15 is 0 Å². The summed E-state index contributed by atoms with van der Waals surface area (Å²) in [4.78, 5) is 14.6. The van der Waals surface area contributed by atoms with Crippen molar-refractivity contribution in [3.8, 4) is 0 Å². The predicted octanol–water partition coefficient (Wildman–Crippen LogP) is 1.70. The van der Waals surface area contributed by atoms with Crippen molar-refractivity contribution in [3.63, 3.8) is 0 Å². The lowest BCUT2D eigenvalue weighted by Crippen LogP contribution is -2.51. The van der Waals surface area contributed by atoms with Gasteiger partial charge in [0.15, 0.2) is 0 Å². The third-order valence-corrected chi connectivity index (χ3v) is 4.11. The Bertz CT molecular complexity index is 361. The third kappa shape index (κ3) is 2.29. The van der Waals surface area contributed by atoms with E-state index in [9.17, 15) is 4.79 Å². The molecule has 0 spiro atoms. The van der Waals surface area contributed by atoms with Crippen LogP contribution in [-0.2, 0) is 4.79 Å². The zero-order valence-corrected chi connectivity index (χ0v) is 10.7. The number of nitrogens with two attached hydrogens (primary N) is 1. The van der Waals surface area contributed by atoms with Crippen LogP contribution in [-0.4, -0.2) is 29.9 Å². The number of allylic oxidation sites excluding steroid dienone is 3. The second kappa shape index (κ2) is 4.65. The van der Waals surface area contributed by atoms with Gasteiger partial charge in [-0.15, -0.1) is 0 Å². The summed E-state index contributed by atoms with van der Waals surface area (Å²) in [7, 11) is 0. The summed E-state index contributed by atoms with van der Waals surface area (Å²) in [5.74, 6) is 0.471. The molecular formula is C14H22N2O. The van der Waals surface area contributed by atoms with E-state index in [0.29, 0.717) is 6.54 Å². The average Bonchev–Trinajstić information content (AvgIpc) is 2.32. The monoisotopic (exact) mass is 234 g/mol. The molecule has 0 aromatic heterocycles. The Hall–Kier alpha value is -1.09. The van der Waals surface area contributed by atoms with Crippen LogP contribution in [0.25, 0.3) is 0 Å². The number of carbonyl (C=O) groups excluding carboxylic acids is 1. The molecule has 1 aliphatic carbocycles. The van der Waals surface area contributed by atoms with Crippen LogP contribution in [0.3, 0.4) is 0 Å². The van der Waals surface area contributed by atoms with Gasteiger partial charge in [0.05, 0.1) is 5.41 Å². The zero-order chi connectivity index (χ0) is 12.5. The van der Waals surface area contributed by atoms with Gasteiger partial charge in [0.1, 0.15) is 0 Å². The smallest absolute Gasteiger partial charge is 0.232 e. The number of hydrogen-bond acceptors (Lipinski definition) is 2. The molecule has 2 aliphatic rings. The molecule has 17 heavy (non-hydrogen) atoms. The fraction of sp³-hybridized carbons (Fsp3) is 0.643. The quantitative estimate of drug-likeness (QED) is 0.750. The molecule has 94 valence electrons. The van der Waals surface area contributed by atoms with Gasteiger partial charge in [-0.05, 0) is 25.7 Å². The molecule has 1 fully saturated rings. The minimum Gasteiger partial charge on any atom is -0.340 e. The second-order valence-electron chi connectivity index (χ2n) is 5.47. The van der Waals surface area contributed by atoms with E-state index in [2.05, 4.69) is 13.0 Å². The highest BCUT2D eigenvalue weighted by Crippen LogP contribution is 2.35. The topological polar surface area (TPSA) is 46.3 Å². The van der Waals surface area contributed by atoms with Crippen molar-refractivity contribution >= 4 is 5.91 Å². The second-order valence-corrected chi connectivity index (χ2v) is 5.47. The Morgan fingerprint density at radius 1 is 1.47 bits per heavy atom. The summed E-state index contributed by atoms with van der Waals surface area (Å²) in [6.07, 6.45) is 10.2. The van der Waals surface area contributed by atoms with E-state index in [1.807, 2.05) is 30.1 Å². The van der Waals surface area contributed by atoms with E-state index in [1.165, 1.54) is 0 Å². The Morgan fingerprint density at radius 2 is 2.24 bits per heavy atom. The largest absolute Gasteiger partial charge is 0.340 e. The normalized spacial score (nSPS) is 37.2. The van der Waals surface area contributed by atoms with Crippen molar-refractivity contribution in [1.29, 1.82) is 0 Å². The highest BCUT2D eigenvalue weighted by molar-refractivity contribution is 5.85. The molecule has 2 N–H and O–H groups in total. The first-order valence-electron chi connectivity index (χ1n) is 6.45. The lowest BCUT2D eigenvalue weighted by atomic mass is 9.74. The molecule has 2 rings (SSSR count). The highest BCUT2D eigenvalue weighted by atomic mass is 16.2. The third-order valence-electron chi connectivity index (χ3n) is 4.11. The fourth-order valence-electron chi connectivity index (χ4n) is 2.64. The average molecular weight is 234 g/mol. The van der Waals surface area contributed by atoms with Gasteiger partial charge in [0.25, 0.3) is 0 Å². The van der Waals surface area contributed by atoms with Gasteiger partial charge < -0.3 is 10.6 Å². The molecule has 0 saturated carbocycles. The van der Waals surface area contributed by atoms with Crippen LogP contribution >= 0.6 is 0 Å². The Balaban J connectivity index is 2.13. The standard InChI is InChI=1S/C14H22N2O/c1-11-6-3-4-8-14(11,2)13(17)16-9-5-7-12(15)10-16/h3-4,6,8,11-12H,5,7,9-10,15H2,1-2H3/t11?,12-,14?/m1/s1. The summed E-state index contributed by atoms with van der Waals surface area (Å²) >= 11 is 0. The number of hydrogen-bond donors (Lipinski definition) is 1. The molecule has 0 aromatic carbocycles. The van der Waals surface area contributed by atoms with Gasteiger partial charge in [0, 0.05) is 19.1 Å². The Labute approximate surface area is 103 Å². The summed E-state index contributed by atoms with van der Waals surface area (Å²) in [5.41, 5.74) is 5.55. The summed E-state index contributed by atoms with van der Waals surface area (Å²) < 4.78 is 0. The van der Waals surface area contributed by atoms with Crippen molar-refractivity contribution in [2.24, 2.45) is 17.1 Å². The van der Waals surface area contributed by atoms with Crippen molar-refractivity contribution in [2.75, 3.05) is 13.1 Å². The lowest BCUT2D eigenvalue weighted by Gasteiger charge is -2.39. The summed E-state index contributed by atoms with van der Waals surface area (Å²) in [6, 6.07) is 0.148. The number of rotatable bonds is 1. The molecule has 0 radical (unpaired) electrons. The number of carbonyl (C=O) groups is 1. The van der Waals surface area contributed by atoms with Crippen LogP contribution in [0.2, 0.25) is 0 Å². The molecule has 3 heteroatoms. The number of likely N-dealkylation sites (tertiary alicyclic amines) is 1. The molecular weight excluding hydrogens is 212 g/mol. The summed E-state index contributed by atoms with van der Waals surface area (Å²) in [6.45, 7) is 5.69. The molecule has 1 amide bonds. The van der Waals surface area contributed by atoms with E-state index in [1.54, 1.807) is 0 Å². The first-order chi connectivity index (χ1) is 8.04. The van der Waals surface area contributed by atoms with Crippen LogP contribution < -0.4 is 5.73 Å². The van der Waals surface area contributed by atoms with Crippen LogP contribution in [0.5, 0.6) is 0 Å². The highest BCUT2D eigenvalue weighted by Gasteiger charge is 2.39. The van der Waals surface area contributed by atoms with E-state index < -0.39 is 5.41 Å². The maximum atomic E-state index is 12.6. The molecule has 1 aliphatic heterocycles. The SMILES string of the molecule is CC1C=CC=CC1(C)C(=O)N1CCC[C@@H](N)C1.